The van der Waals surface area contributed by atoms with E-state index in [0.717, 1.165) is 12.8 Å². The summed E-state index contributed by atoms with van der Waals surface area (Å²) < 4.78 is 18.5. The molecule has 16 heavy (non-hydrogen) atoms. The Morgan fingerprint density at radius 1 is 1.38 bits per heavy atom. The Balaban J connectivity index is 2.55. The summed E-state index contributed by atoms with van der Waals surface area (Å²) in [5, 5.41) is 0. The number of carbonyl (C=O) groups is 1. The van der Waals surface area contributed by atoms with Gasteiger partial charge in [-0.05, 0) is 13.3 Å². The molecule has 0 aromatic heterocycles. The SMILES string of the molecule is CCC[C@H](C)O[C@H](F)C(=O)c1ccccc1. The van der Waals surface area contributed by atoms with E-state index in [1.807, 2.05) is 6.92 Å². The van der Waals surface area contributed by atoms with Crippen molar-refractivity contribution in [3.05, 3.63) is 35.9 Å². The molecular weight excluding hydrogens is 207 g/mol. The predicted octanol–water partition coefficient (Wildman–Crippen LogP) is 3.37. The fourth-order valence-electron chi connectivity index (χ4n) is 1.47. The van der Waals surface area contributed by atoms with Crippen molar-refractivity contribution in [2.75, 3.05) is 0 Å². The Morgan fingerprint density at radius 3 is 2.56 bits per heavy atom. The number of hydrogen-bond acceptors (Lipinski definition) is 2. The van der Waals surface area contributed by atoms with Crippen LogP contribution in [0.4, 0.5) is 4.39 Å². The lowest BCUT2D eigenvalue weighted by molar-refractivity contribution is -0.0592. The quantitative estimate of drug-likeness (QED) is 0.692. The van der Waals surface area contributed by atoms with Crippen LogP contribution in [0.25, 0.3) is 0 Å². The normalized spacial score (nSPS) is 14.4. The standard InChI is InChI=1S/C13H17FO2/c1-3-7-10(2)16-13(14)12(15)11-8-5-4-6-9-11/h4-6,8-10,13H,3,7H2,1-2H3/t10-,13-/m0/s1. The molecule has 3 heteroatoms. The number of rotatable bonds is 6. The van der Waals surface area contributed by atoms with Crippen LogP contribution >= 0.6 is 0 Å². The maximum atomic E-state index is 13.5. The average molecular weight is 224 g/mol. The summed E-state index contributed by atoms with van der Waals surface area (Å²) in [6, 6.07) is 8.36. The van der Waals surface area contributed by atoms with Crippen molar-refractivity contribution in [3.63, 3.8) is 0 Å². The van der Waals surface area contributed by atoms with Crippen molar-refractivity contribution < 1.29 is 13.9 Å². The first-order valence-electron chi connectivity index (χ1n) is 5.54. The summed E-state index contributed by atoms with van der Waals surface area (Å²) in [5.41, 5.74) is 0.346. The zero-order valence-corrected chi connectivity index (χ0v) is 9.65. The number of ketones is 1. The number of halogens is 1. The fourth-order valence-corrected chi connectivity index (χ4v) is 1.47. The first-order chi connectivity index (χ1) is 7.65. The monoisotopic (exact) mass is 224 g/mol. The molecule has 0 heterocycles. The summed E-state index contributed by atoms with van der Waals surface area (Å²) in [4.78, 5) is 11.6. The van der Waals surface area contributed by atoms with Crippen LogP contribution < -0.4 is 0 Å². The highest BCUT2D eigenvalue weighted by Gasteiger charge is 2.21. The van der Waals surface area contributed by atoms with E-state index >= 15 is 0 Å². The molecule has 0 aliphatic carbocycles. The van der Waals surface area contributed by atoms with Gasteiger partial charge < -0.3 is 4.74 Å². The van der Waals surface area contributed by atoms with Crippen molar-refractivity contribution in [2.24, 2.45) is 0 Å². The molecule has 0 N–H and O–H groups in total. The summed E-state index contributed by atoms with van der Waals surface area (Å²) in [5.74, 6) is -0.608. The molecule has 0 fully saturated rings. The number of Topliss-reactive ketones (excluding diaryl/α,β-unsaturated/α-hetero) is 1. The Bertz CT molecular complexity index is 324. The number of alkyl halides is 1. The third-order valence-corrected chi connectivity index (χ3v) is 2.31. The van der Waals surface area contributed by atoms with Gasteiger partial charge in [-0.25, -0.2) is 4.39 Å². The van der Waals surface area contributed by atoms with Crippen LogP contribution in [0, 0.1) is 0 Å². The van der Waals surface area contributed by atoms with Gasteiger partial charge in [0.05, 0.1) is 6.10 Å². The topological polar surface area (TPSA) is 26.3 Å². The summed E-state index contributed by atoms with van der Waals surface area (Å²) in [6.07, 6.45) is -0.424. The Hall–Kier alpha value is -1.22. The lowest BCUT2D eigenvalue weighted by atomic mass is 10.1. The number of benzene rings is 1. The van der Waals surface area contributed by atoms with Crippen molar-refractivity contribution in [1.29, 1.82) is 0 Å². The Morgan fingerprint density at radius 2 is 2.00 bits per heavy atom. The van der Waals surface area contributed by atoms with Crippen LogP contribution in [-0.4, -0.2) is 18.2 Å². The summed E-state index contributed by atoms with van der Waals surface area (Å²) >= 11 is 0. The maximum absolute atomic E-state index is 13.5. The second-order valence-corrected chi connectivity index (χ2v) is 3.78. The maximum Gasteiger partial charge on any atom is 0.263 e. The Kier molecular flexibility index (Phi) is 5.12. The van der Waals surface area contributed by atoms with Crippen molar-refractivity contribution in [3.8, 4) is 0 Å². The van der Waals surface area contributed by atoms with E-state index in [-0.39, 0.29) is 6.10 Å². The van der Waals surface area contributed by atoms with Gasteiger partial charge in [0.25, 0.3) is 6.36 Å². The molecule has 1 aromatic carbocycles. The summed E-state index contributed by atoms with van der Waals surface area (Å²) in [7, 11) is 0. The van der Waals surface area contributed by atoms with Gasteiger partial charge in [0.15, 0.2) is 0 Å². The molecule has 0 saturated heterocycles. The molecule has 0 aliphatic rings. The van der Waals surface area contributed by atoms with E-state index < -0.39 is 12.1 Å². The lowest BCUT2D eigenvalue weighted by Crippen LogP contribution is -2.24. The zero-order valence-electron chi connectivity index (χ0n) is 9.65. The van der Waals surface area contributed by atoms with E-state index in [9.17, 15) is 9.18 Å². The first-order valence-corrected chi connectivity index (χ1v) is 5.54. The van der Waals surface area contributed by atoms with Crippen LogP contribution in [0.2, 0.25) is 0 Å². The molecule has 0 radical (unpaired) electrons. The van der Waals surface area contributed by atoms with Gasteiger partial charge >= 0.3 is 0 Å². The lowest BCUT2D eigenvalue weighted by Gasteiger charge is -2.14. The smallest absolute Gasteiger partial charge is 0.263 e. The van der Waals surface area contributed by atoms with Crippen LogP contribution in [0.3, 0.4) is 0 Å². The van der Waals surface area contributed by atoms with Gasteiger partial charge in [-0.1, -0.05) is 43.7 Å². The molecule has 88 valence electrons. The highest BCUT2D eigenvalue weighted by molar-refractivity contribution is 5.98. The van der Waals surface area contributed by atoms with Gasteiger partial charge in [-0.15, -0.1) is 0 Å². The van der Waals surface area contributed by atoms with Gasteiger partial charge in [0, 0.05) is 5.56 Å². The van der Waals surface area contributed by atoms with E-state index in [1.165, 1.54) is 0 Å². The fraction of sp³-hybridized carbons (Fsp3) is 0.462. The highest BCUT2D eigenvalue weighted by atomic mass is 19.1. The van der Waals surface area contributed by atoms with Crippen molar-refractivity contribution in [2.45, 2.75) is 39.2 Å². The molecule has 0 unspecified atom stereocenters. The molecule has 0 aliphatic heterocycles. The van der Waals surface area contributed by atoms with E-state index in [4.69, 9.17) is 4.74 Å². The Labute approximate surface area is 95.4 Å². The summed E-state index contributed by atoms with van der Waals surface area (Å²) in [6.45, 7) is 3.76. The first kappa shape index (κ1) is 12.8. The number of carbonyl (C=O) groups excluding carboxylic acids is 1. The number of ether oxygens (including phenoxy) is 1. The molecule has 0 spiro atoms. The van der Waals surface area contributed by atoms with Gasteiger partial charge in [-0.2, -0.15) is 0 Å². The van der Waals surface area contributed by atoms with Crippen molar-refractivity contribution >= 4 is 5.78 Å². The minimum absolute atomic E-state index is 0.229. The van der Waals surface area contributed by atoms with Crippen LogP contribution in [0.15, 0.2) is 30.3 Å². The predicted molar refractivity (Wildman–Crippen MR) is 61.1 cm³/mol. The van der Waals surface area contributed by atoms with Gasteiger partial charge in [0.2, 0.25) is 5.78 Å². The van der Waals surface area contributed by atoms with Crippen LogP contribution in [0.5, 0.6) is 0 Å². The molecule has 0 amide bonds. The average Bonchev–Trinajstić information content (AvgIpc) is 2.29. The van der Waals surface area contributed by atoms with E-state index in [1.54, 1.807) is 37.3 Å². The van der Waals surface area contributed by atoms with Crippen LogP contribution in [0.1, 0.15) is 37.0 Å². The second kappa shape index (κ2) is 6.38. The minimum Gasteiger partial charge on any atom is -0.339 e. The largest absolute Gasteiger partial charge is 0.339 e. The van der Waals surface area contributed by atoms with Gasteiger partial charge in [-0.3, -0.25) is 4.79 Å². The molecule has 1 rings (SSSR count). The molecular formula is C13H17FO2. The van der Waals surface area contributed by atoms with E-state index in [0.29, 0.717) is 5.56 Å². The van der Waals surface area contributed by atoms with Crippen molar-refractivity contribution in [1.82, 2.24) is 0 Å². The zero-order chi connectivity index (χ0) is 12.0. The molecule has 0 bridgehead atoms. The molecule has 0 saturated carbocycles. The third kappa shape index (κ3) is 3.74. The minimum atomic E-state index is -1.86. The van der Waals surface area contributed by atoms with Crippen LogP contribution in [-0.2, 0) is 4.74 Å². The molecule has 2 nitrogen and oxygen atoms in total. The van der Waals surface area contributed by atoms with E-state index in [2.05, 4.69) is 0 Å². The highest BCUT2D eigenvalue weighted by Crippen LogP contribution is 2.11. The molecule has 2 atom stereocenters. The third-order valence-electron chi connectivity index (χ3n) is 2.31. The second-order valence-electron chi connectivity index (χ2n) is 3.78. The van der Waals surface area contributed by atoms with Gasteiger partial charge in [0.1, 0.15) is 0 Å². The number of hydrogen-bond donors (Lipinski definition) is 0. The molecule has 1 aromatic rings.